The van der Waals surface area contributed by atoms with E-state index in [9.17, 15) is 19.5 Å². The maximum atomic E-state index is 12.6. The van der Waals surface area contributed by atoms with Crippen LogP contribution >= 0.6 is 0 Å². The van der Waals surface area contributed by atoms with Crippen molar-refractivity contribution in [1.29, 1.82) is 0 Å². The molecule has 1 fully saturated rings. The minimum Gasteiger partial charge on any atom is -0.497 e. The van der Waals surface area contributed by atoms with Crippen LogP contribution in [-0.2, 0) is 16.0 Å². The van der Waals surface area contributed by atoms with Gasteiger partial charge in [0.1, 0.15) is 18.1 Å². The van der Waals surface area contributed by atoms with Gasteiger partial charge in [0.05, 0.1) is 19.8 Å². The summed E-state index contributed by atoms with van der Waals surface area (Å²) in [5.74, 6) is 0.458. The Hall–Kier alpha value is -2.95. The quantitative estimate of drug-likeness (QED) is 0.428. The lowest BCUT2D eigenvalue weighted by Crippen LogP contribution is -2.69. The summed E-state index contributed by atoms with van der Waals surface area (Å²) >= 11 is 0. The maximum Gasteiger partial charge on any atom is 0.330 e. The molecule has 1 aromatic heterocycles. The van der Waals surface area contributed by atoms with Crippen molar-refractivity contribution in [2.24, 2.45) is 0 Å². The molecular formula is C20H27N4O6+. The van der Waals surface area contributed by atoms with E-state index in [2.05, 4.69) is 16.0 Å². The molecule has 10 nitrogen and oxygen atoms in total. The van der Waals surface area contributed by atoms with Crippen LogP contribution in [-0.4, -0.2) is 52.5 Å². The van der Waals surface area contributed by atoms with E-state index in [1.54, 1.807) is 14.0 Å². The van der Waals surface area contributed by atoms with Crippen LogP contribution in [0.25, 0.3) is 0 Å². The summed E-state index contributed by atoms with van der Waals surface area (Å²) in [6, 6.07) is 6.35. The van der Waals surface area contributed by atoms with Gasteiger partial charge in [-0.2, -0.15) is 0 Å². The first-order valence-corrected chi connectivity index (χ1v) is 9.67. The molecule has 10 heteroatoms. The number of aliphatic hydroxyl groups excluding tert-OH is 1. The molecule has 30 heavy (non-hydrogen) atoms. The molecule has 0 spiro atoms. The number of aromatic nitrogens is 2. The molecule has 0 unspecified atom stereocenters. The highest BCUT2D eigenvalue weighted by Gasteiger charge is 2.38. The van der Waals surface area contributed by atoms with Crippen LogP contribution in [0, 0.1) is 6.92 Å². The van der Waals surface area contributed by atoms with Gasteiger partial charge in [0, 0.05) is 24.6 Å². The second-order valence-electron chi connectivity index (χ2n) is 7.39. The highest BCUT2D eigenvalue weighted by Crippen LogP contribution is 2.27. The Kier molecular flexibility index (Phi) is 6.70. The third kappa shape index (κ3) is 4.78. The van der Waals surface area contributed by atoms with E-state index in [-0.39, 0.29) is 18.9 Å². The Morgan fingerprint density at radius 1 is 1.40 bits per heavy atom. The van der Waals surface area contributed by atoms with Crippen molar-refractivity contribution in [3.8, 4) is 5.75 Å². The van der Waals surface area contributed by atoms with E-state index in [0.717, 1.165) is 11.3 Å². The van der Waals surface area contributed by atoms with E-state index < -0.39 is 35.7 Å². The number of aromatic amines is 1. The number of rotatable bonds is 7. The van der Waals surface area contributed by atoms with Gasteiger partial charge in [0.25, 0.3) is 11.5 Å². The molecule has 2 aromatic rings. The first kappa shape index (κ1) is 21.8. The lowest BCUT2D eigenvalue weighted by atomic mass is 10.0. The number of methoxy groups -OCH3 is 1. The van der Waals surface area contributed by atoms with E-state index in [1.807, 2.05) is 24.3 Å². The summed E-state index contributed by atoms with van der Waals surface area (Å²) in [5, 5.41) is 12.5. The van der Waals surface area contributed by atoms with Crippen LogP contribution in [0.5, 0.6) is 5.75 Å². The molecule has 2 heterocycles. The van der Waals surface area contributed by atoms with E-state index in [4.69, 9.17) is 9.47 Å². The fraction of sp³-hybridized carbons (Fsp3) is 0.450. The SMILES string of the molecule is COc1ccc(C[C@H]([NH3+])C(=O)N[C@@H]2C[C@H](n3cc(C)c(=O)[nH]c3=O)O[C@H]2CO)cc1. The molecular weight excluding hydrogens is 392 g/mol. The third-order valence-electron chi connectivity index (χ3n) is 5.21. The normalized spacial score (nSPS) is 21.9. The predicted octanol–water partition coefficient (Wildman–Crippen LogP) is -1.53. The van der Waals surface area contributed by atoms with Gasteiger partial charge in [-0.15, -0.1) is 0 Å². The molecule has 4 atom stereocenters. The van der Waals surface area contributed by atoms with Crippen LogP contribution < -0.4 is 27.0 Å². The van der Waals surface area contributed by atoms with Crippen LogP contribution in [0.4, 0.5) is 0 Å². The van der Waals surface area contributed by atoms with Crippen molar-refractivity contribution < 1.29 is 25.1 Å². The number of amides is 1. The summed E-state index contributed by atoms with van der Waals surface area (Å²) in [6.07, 6.45) is 0.747. The summed E-state index contributed by atoms with van der Waals surface area (Å²) in [4.78, 5) is 38.6. The Morgan fingerprint density at radius 2 is 2.10 bits per heavy atom. The number of hydrogen-bond donors (Lipinski definition) is 4. The molecule has 1 aliphatic heterocycles. The Morgan fingerprint density at radius 3 is 2.73 bits per heavy atom. The van der Waals surface area contributed by atoms with E-state index >= 15 is 0 Å². The van der Waals surface area contributed by atoms with Crippen LogP contribution in [0.15, 0.2) is 40.1 Å². The topological polar surface area (TPSA) is 150 Å². The number of ether oxygens (including phenoxy) is 2. The zero-order chi connectivity index (χ0) is 21.8. The van der Waals surface area contributed by atoms with Crippen molar-refractivity contribution in [2.75, 3.05) is 13.7 Å². The monoisotopic (exact) mass is 419 g/mol. The fourth-order valence-corrected chi connectivity index (χ4v) is 3.46. The standard InChI is InChI=1S/C20H26N4O6/c1-11-9-24(20(28)23-18(11)26)17-8-15(16(10-25)30-17)22-19(27)14(21)7-12-3-5-13(29-2)6-4-12/h3-6,9,14-17,25H,7-8,10,21H2,1-2H3,(H,22,27)(H,23,26,28)/p+1/t14-,15+,16-,17+/m0/s1. The number of H-pyrrole nitrogens is 1. The average molecular weight is 419 g/mol. The van der Waals surface area contributed by atoms with Gasteiger partial charge < -0.3 is 25.6 Å². The lowest BCUT2D eigenvalue weighted by Gasteiger charge is -2.18. The number of nitrogens with one attached hydrogen (secondary N) is 2. The molecule has 1 aliphatic rings. The molecule has 1 saturated heterocycles. The van der Waals surface area contributed by atoms with Crippen molar-refractivity contribution in [1.82, 2.24) is 14.9 Å². The Balaban J connectivity index is 1.66. The van der Waals surface area contributed by atoms with Crippen LogP contribution in [0.1, 0.15) is 23.8 Å². The Bertz CT molecular complexity index is 1000. The van der Waals surface area contributed by atoms with Crippen LogP contribution in [0.2, 0.25) is 0 Å². The summed E-state index contributed by atoms with van der Waals surface area (Å²) < 4.78 is 12.1. The van der Waals surface area contributed by atoms with Crippen molar-refractivity contribution in [3.05, 3.63) is 62.4 Å². The number of aliphatic hydroxyl groups is 1. The van der Waals surface area contributed by atoms with Gasteiger partial charge >= 0.3 is 5.69 Å². The maximum absolute atomic E-state index is 12.6. The van der Waals surface area contributed by atoms with E-state index in [0.29, 0.717) is 12.0 Å². The van der Waals surface area contributed by atoms with Crippen molar-refractivity contribution in [2.45, 2.75) is 44.2 Å². The molecule has 0 bridgehead atoms. The number of quaternary nitrogens is 1. The summed E-state index contributed by atoms with van der Waals surface area (Å²) in [5.41, 5.74) is 4.18. The van der Waals surface area contributed by atoms with Crippen LogP contribution in [0.3, 0.4) is 0 Å². The number of nitrogens with zero attached hydrogens (tertiary/aromatic N) is 1. The second kappa shape index (κ2) is 9.24. The van der Waals surface area contributed by atoms with Gasteiger partial charge in [-0.3, -0.25) is 19.1 Å². The number of aryl methyl sites for hydroxylation is 1. The average Bonchev–Trinajstić information content (AvgIpc) is 3.13. The smallest absolute Gasteiger partial charge is 0.330 e. The molecule has 1 aromatic carbocycles. The minimum absolute atomic E-state index is 0.275. The molecule has 162 valence electrons. The number of hydrogen-bond acceptors (Lipinski definition) is 6. The number of carbonyl (C=O) groups is 1. The van der Waals surface area contributed by atoms with Crippen molar-refractivity contribution >= 4 is 5.91 Å². The first-order chi connectivity index (χ1) is 14.3. The highest BCUT2D eigenvalue weighted by atomic mass is 16.5. The largest absolute Gasteiger partial charge is 0.497 e. The van der Waals surface area contributed by atoms with Gasteiger partial charge in [-0.05, 0) is 24.6 Å². The zero-order valence-corrected chi connectivity index (χ0v) is 17.0. The first-order valence-electron chi connectivity index (χ1n) is 9.67. The molecule has 3 rings (SSSR count). The molecule has 6 N–H and O–H groups in total. The van der Waals surface area contributed by atoms with Gasteiger partial charge in [0.2, 0.25) is 0 Å². The number of carbonyl (C=O) groups excluding carboxylic acids is 1. The zero-order valence-electron chi connectivity index (χ0n) is 17.0. The number of benzene rings is 1. The summed E-state index contributed by atoms with van der Waals surface area (Å²) in [6.45, 7) is 1.26. The molecule has 0 aliphatic carbocycles. The Labute approximate surface area is 172 Å². The van der Waals surface area contributed by atoms with Gasteiger partial charge in [0.15, 0.2) is 6.04 Å². The molecule has 0 radical (unpaired) electrons. The van der Waals surface area contributed by atoms with E-state index in [1.165, 1.54) is 10.8 Å². The molecule has 1 amide bonds. The lowest BCUT2D eigenvalue weighted by molar-refractivity contribution is -0.403. The second-order valence-corrected chi connectivity index (χ2v) is 7.39. The van der Waals surface area contributed by atoms with Crippen molar-refractivity contribution in [3.63, 3.8) is 0 Å². The highest BCUT2D eigenvalue weighted by molar-refractivity contribution is 5.80. The molecule has 0 saturated carbocycles. The third-order valence-corrected chi connectivity index (χ3v) is 5.21. The summed E-state index contributed by atoms with van der Waals surface area (Å²) in [7, 11) is 1.59. The fourth-order valence-electron chi connectivity index (χ4n) is 3.46. The van der Waals surface area contributed by atoms with Gasteiger partial charge in [-0.1, -0.05) is 12.1 Å². The minimum atomic E-state index is -0.708. The van der Waals surface area contributed by atoms with Gasteiger partial charge in [-0.25, -0.2) is 4.79 Å². The predicted molar refractivity (Wildman–Crippen MR) is 107 cm³/mol.